The number of aliphatic hydroxyl groups is 1. The first kappa shape index (κ1) is 16.3. The van der Waals surface area contributed by atoms with Crippen LogP contribution in [0, 0.1) is 5.92 Å². The average molecular weight is 292 g/mol. The number of ether oxygens (including phenoxy) is 1. The van der Waals surface area contributed by atoms with Gasteiger partial charge in [-0.15, -0.1) is 0 Å². The topological polar surface area (TPSA) is 29.5 Å². The molecule has 0 aromatic heterocycles. The fourth-order valence-corrected chi connectivity index (χ4v) is 3.47. The van der Waals surface area contributed by atoms with Gasteiger partial charge in [0, 0.05) is 5.92 Å². The van der Waals surface area contributed by atoms with Crippen LogP contribution in [0.4, 0.5) is 0 Å². The van der Waals surface area contributed by atoms with E-state index < -0.39 is 5.60 Å². The number of rotatable bonds is 5. The average Bonchev–Trinajstić information content (AvgIpc) is 2.49. The molecule has 0 unspecified atom stereocenters. The second-order valence-electron chi connectivity index (χ2n) is 7.03. The van der Waals surface area contributed by atoms with Crippen molar-refractivity contribution >= 4 is 0 Å². The van der Waals surface area contributed by atoms with Crippen molar-refractivity contribution in [2.75, 3.05) is 34.3 Å². The quantitative estimate of drug-likeness (QED) is 0.845. The van der Waals surface area contributed by atoms with Gasteiger partial charge in [0.05, 0.1) is 39.9 Å². The molecule has 1 fully saturated rings. The largest absolute Gasteiger partial charge is 0.497 e. The summed E-state index contributed by atoms with van der Waals surface area (Å²) in [5, 5.41) is 11.4. The first-order valence-electron chi connectivity index (χ1n) is 8.10. The number of hydrogen-bond acceptors (Lipinski definition) is 2. The summed E-state index contributed by atoms with van der Waals surface area (Å²) >= 11 is 0. The van der Waals surface area contributed by atoms with Gasteiger partial charge in [0.15, 0.2) is 0 Å². The molecule has 0 spiro atoms. The third kappa shape index (κ3) is 3.58. The Kier molecular flexibility index (Phi) is 4.95. The lowest BCUT2D eigenvalue weighted by Gasteiger charge is -2.44. The van der Waals surface area contributed by atoms with Gasteiger partial charge in [0.1, 0.15) is 5.75 Å². The van der Waals surface area contributed by atoms with E-state index in [1.165, 1.54) is 6.42 Å². The van der Waals surface area contributed by atoms with Gasteiger partial charge in [-0.25, -0.2) is 0 Å². The summed E-state index contributed by atoms with van der Waals surface area (Å²) in [6.07, 6.45) is 4.29. The Morgan fingerprint density at radius 3 is 2.76 bits per heavy atom. The number of nitrogens with zero attached hydrogens (tertiary/aromatic N) is 1. The fourth-order valence-electron chi connectivity index (χ4n) is 3.47. The highest BCUT2D eigenvalue weighted by Gasteiger charge is 2.43. The molecule has 3 nitrogen and oxygen atoms in total. The molecule has 1 aliphatic carbocycles. The van der Waals surface area contributed by atoms with Crippen molar-refractivity contribution in [3.05, 3.63) is 29.8 Å². The van der Waals surface area contributed by atoms with Crippen molar-refractivity contribution in [3.8, 4) is 5.75 Å². The van der Waals surface area contributed by atoms with Gasteiger partial charge in [0.25, 0.3) is 0 Å². The molecule has 0 bridgehead atoms. The van der Waals surface area contributed by atoms with Crippen molar-refractivity contribution in [2.24, 2.45) is 5.92 Å². The predicted molar refractivity (Wildman–Crippen MR) is 86.4 cm³/mol. The molecule has 2 atom stereocenters. The summed E-state index contributed by atoms with van der Waals surface area (Å²) in [6, 6.07) is 7.98. The zero-order valence-corrected chi connectivity index (χ0v) is 13.9. The molecule has 2 rings (SSSR count). The Morgan fingerprint density at radius 2 is 2.10 bits per heavy atom. The van der Waals surface area contributed by atoms with Gasteiger partial charge in [-0.2, -0.15) is 0 Å². The van der Waals surface area contributed by atoms with Crippen LogP contribution in [-0.4, -0.2) is 43.9 Å². The molecule has 3 heteroatoms. The van der Waals surface area contributed by atoms with E-state index in [0.29, 0.717) is 5.92 Å². The number of quaternary nitrogens is 1. The first-order valence-corrected chi connectivity index (χ1v) is 8.10. The van der Waals surface area contributed by atoms with E-state index in [9.17, 15) is 5.11 Å². The second kappa shape index (κ2) is 6.37. The van der Waals surface area contributed by atoms with Crippen LogP contribution in [0.3, 0.4) is 0 Å². The molecular formula is C18H30NO2+. The maximum atomic E-state index is 11.4. The normalized spacial score (nSPS) is 26.6. The lowest BCUT2D eigenvalue weighted by molar-refractivity contribution is -0.893. The van der Waals surface area contributed by atoms with Gasteiger partial charge in [0.2, 0.25) is 0 Å². The summed E-state index contributed by atoms with van der Waals surface area (Å²) in [6.45, 7) is 4.32. The standard InChI is InChI=1S/C18H30NO2/c1-5-19(2,3)14-16-9-6-7-12-18(16,20)15-10-8-11-17(13-15)21-4/h8,10-11,13,16,20H,5-7,9,12,14H2,1-4H3/q+1/t16-,18+/m0/s1. The second-order valence-corrected chi connectivity index (χ2v) is 7.03. The number of hydrogen-bond donors (Lipinski definition) is 1. The van der Waals surface area contributed by atoms with Gasteiger partial charge in [-0.05, 0) is 37.5 Å². The highest BCUT2D eigenvalue weighted by Crippen LogP contribution is 2.43. The van der Waals surface area contributed by atoms with Crippen LogP contribution in [0.1, 0.15) is 38.2 Å². The molecule has 1 N–H and O–H groups in total. The van der Waals surface area contributed by atoms with Crippen LogP contribution in [-0.2, 0) is 5.60 Å². The summed E-state index contributed by atoms with van der Waals surface area (Å²) in [5.41, 5.74) is 0.306. The Bertz CT molecular complexity index is 472. The smallest absolute Gasteiger partial charge is 0.119 e. The van der Waals surface area contributed by atoms with Crippen molar-refractivity contribution in [1.29, 1.82) is 0 Å². The van der Waals surface area contributed by atoms with Gasteiger partial charge in [-0.1, -0.05) is 25.0 Å². The molecule has 0 saturated heterocycles. The molecule has 0 amide bonds. The summed E-state index contributed by atoms with van der Waals surface area (Å²) in [7, 11) is 6.18. The van der Waals surface area contributed by atoms with Crippen LogP contribution in [0.2, 0.25) is 0 Å². The Labute approximate surface area is 129 Å². The third-order valence-electron chi connectivity index (χ3n) is 5.18. The molecule has 0 radical (unpaired) electrons. The van der Waals surface area contributed by atoms with Crippen LogP contribution in [0.25, 0.3) is 0 Å². The lowest BCUT2D eigenvalue weighted by Crippen LogP contribution is -2.50. The molecule has 1 saturated carbocycles. The van der Waals surface area contributed by atoms with Crippen molar-refractivity contribution in [2.45, 2.75) is 38.2 Å². The zero-order chi connectivity index (χ0) is 15.5. The maximum absolute atomic E-state index is 11.4. The molecule has 1 aromatic rings. The van der Waals surface area contributed by atoms with E-state index >= 15 is 0 Å². The summed E-state index contributed by atoms with van der Waals surface area (Å²) < 4.78 is 6.29. The lowest BCUT2D eigenvalue weighted by atomic mass is 9.71. The van der Waals surface area contributed by atoms with E-state index in [0.717, 1.165) is 48.1 Å². The van der Waals surface area contributed by atoms with Crippen LogP contribution >= 0.6 is 0 Å². The van der Waals surface area contributed by atoms with Gasteiger partial charge in [-0.3, -0.25) is 0 Å². The molecule has 1 aromatic carbocycles. The first-order chi connectivity index (χ1) is 9.91. The van der Waals surface area contributed by atoms with E-state index in [1.54, 1.807) is 7.11 Å². The molecule has 0 heterocycles. The van der Waals surface area contributed by atoms with Gasteiger partial charge < -0.3 is 14.3 Å². The summed E-state index contributed by atoms with van der Waals surface area (Å²) in [5.74, 6) is 1.14. The predicted octanol–water partition coefficient (Wildman–Crippen LogP) is 3.17. The highest BCUT2D eigenvalue weighted by atomic mass is 16.5. The Morgan fingerprint density at radius 1 is 1.33 bits per heavy atom. The van der Waals surface area contributed by atoms with Crippen molar-refractivity contribution in [3.63, 3.8) is 0 Å². The molecule has 118 valence electrons. The zero-order valence-electron chi connectivity index (χ0n) is 13.9. The van der Waals surface area contributed by atoms with E-state index in [4.69, 9.17) is 4.74 Å². The van der Waals surface area contributed by atoms with Crippen molar-refractivity contribution in [1.82, 2.24) is 0 Å². The minimum atomic E-state index is -0.711. The van der Waals surface area contributed by atoms with Crippen LogP contribution < -0.4 is 4.74 Å². The van der Waals surface area contributed by atoms with Gasteiger partial charge >= 0.3 is 0 Å². The highest BCUT2D eigenvalue weighted by molar-refractivity contribution is 5.33. The van der Waals surface area contributed by atoms with Crippen LogP contribution in [0.15, 0.2) is 24.3 Å². The van der Waals surface area contributed by atoms with Crippen LogP contribution in [0.5, 0.6) is 5.75 Å². The Balaban J connectivity index is 2.30. The maximum Gasteiger partial charge on any atom is 0.119 e. The Hall–Kier alpha value is -1.06. The number of methoxy groups -OCH3 is 1. The number of benzene rings is 1. The minimum absolute atomic E-state index is 0.313. The molecule has 1 aliphatic rings. The molecule has 0 aliphatic heterocycles. The van der Waals surface area contributed by atoms with E-state index in [1.807, 2.05) is 24.3 Å². The van der Waals surface area contributed by atoms with Crippen molar-refractivity contribution < 1.29 is 14.3 Å². The third-order valence-corrected chi connectivity index (χ3v) is 5.18. The summed E-state index contributed by atoms with van der Waals surface area (Å²) in [4.78, 5) is 0. The molecular weight excluding hydrogens is 262 g/mol. The SMILES string of the molecule is CC[N+](C)(C)C[C@@H]1CCCC[C@@]1(O)c1cccc(OC)c1. The van der Waals surface area contributed by atoms with E-state index in [2.05, 4.69) is 21.0 Å². The fraction of sp³-hybridized carbons (Fsp3) is 0.667. The minimum Gasteiger partial charge on any atom is -0.497 e. The molecule has 21 heavy (non-hydrogen) atoms. The monoisotopic (exact) mass is 292 g/mol. The van der Waals surface area contributed by atoms with E-state index in [-0.39, 0.29) is 0 Å².